The van der Waals surface area contributed by atoms with Crippen molar-refractivity contribution in [1.29, 1.82) is 0 Å². The summed E-state index contributed by atoms with van der Waals surface area (Å²) in [6.45, 7) is 28.9. The molecular formula is C73H78BN5. The Labute approximate surface area is 469 Å². The molecule has 5 nitrogen and oxygen atoms in total. The first-order chi connectivity index (χ1) is 37.7. The average Bonchev–Trinajstić information content (AvgIpc) is 3.49. The van der Waals surface area contributed by atoms with Crippen molar-refractivity contribution >= 4 is 66.7 Å². The largest absolute Gasteiger partial charge is 0.310 e. The summed E-state index contributed by atoms with van der Waals surface area (Å²) >= 11 is 0. The zero-order valence-electron chi connectivity index (χ0n) is 49.1. The number of fused-ring (bicyclic) bond motifs is 10. The Morgan fingerprint density at radius 3 is 1.15 bits per heavy atom. The summed E-state index contributed by atoms with van der Waals surface area (Å²) in [4.78, 5) is 16.3. The van der Waals surface area contributed by atoms with Crippen molar-refractivity contribution in [2.75, 3.05) is 0 Å². The van der Waals surface area contributed by atoms with Gasteiger partial charge in [-0.3, -0.25) is 0 Å². The van der Waals surface area contributed by atoms with Gasteiger partial charge in [0.25, 0.3) is 6.71 Å². The maximum atomic E-state index is 5.52. The van der Waals surface area contributed by atoms with E-state index in [1.165, 1.54) is 169 Å². The molecule has 0 radical (unpaired) electrons. The fourth-order valence-corrected chi connectivity index (χ4v) is 14.8. The first-order valence-corrected chi connectivity index (χ1v) is 30.1. The topological polar surface area (TPSA) is 48.5 Å². The highest BCUT2D eigenvalue weighted by molar-refractivity contribution is 7.00. The lowest BCUT2D eigenvalue weighted by Crippen LogP contribution is -2.59. The fraction of sp³-hybridized carbons (Fsp3) is 0.384. The van der Waals surface area contributed by atoms with Crippen LogP contribution in [0.1, 0.15) is 193 Å². The summed E-state index contributed by atoms with van der Waals surface area (Å²) < 4.78 is 5.48. The van der Waals surface area contributed by atoms with Crippen LogP contribution >= 0.6 is 0 Å². The molecule has 0 saturated heterocycles. The van der Waals surface area contributed by atoms with E-state index >= 15 is 0 Å². The lowest BCUT2D eigenvalue weighted by atomic mass is 9.34. The van der Waals surface area contributed by atoms with E-state index in [0.29, 0.717) is 29.3 Å². The van der Waals surface area contributed by atoms with E-state index in [9.17, 15) is 0 Å². The number of aromatic nitrogens is 5. The van der Waals surface area contributed by atoms with Crippen molar-refractivity contribution in [2.24, 2.45) is 0 Å². The van der Waals surface area contributed by atoms with Gasteiger partial charge in [0.1, 0.15) is 0 Å². The van der Waals surface area contributed by atoms with Crippen molar-refractivity contribution in [3.8, 4) is 45.5 Å². The van der Waals surface area contributed by atoms with Crippen LogP contribution in [-0.4, -0.2) is 30.8 Å². The predicted molar refractivity (Wildman–Crippen MR) is 336 cm³/mol. The Kier molecular flexibility index (Phi) is 11.4. The van der Waals surface area contributed by atoms with Gasteiger partial charge in [-0.25, -0.2) is 15.0 Å². The van der Waals surface area contributed by atoms with Gasteiger partial charge in [0.15, 0.2) is 17.5 Å². The Morgan fingerprint density at radius 1 is 0.405 bits per heavy atom. The fourth-order valence-electron chi connectivity index (χ4n) is 14.8. The molecule has 0 unspecified atom stereocenters. The molecular weight excluding hydrogens is 958 g/mol. The summed E-state index contributed by atoms with van der Waals surface area (Å²) in [6.07, 6.45) is 12.9. The maximum absolute atomic E-state index is 5.52. The van der Waals surface area contributed by atoms with Crippen LogP contribution in [-0.2, 0) is 21.7 Å². The minimum atomic E-state index is -0.114. The van der Waals surface area contributed by atoms with Gasteiger partial charge in [-0.1, -0.05) is 207 Å². The smallest absolute Gasteiger partial charge is 0.252 e. The number of hydrogen-bond acceptors (Lipinski definition) is 3. The van der Waals surface area contributed by atoms with Gasteiger partial charge in [0, 0.05) is 60.6 Å². The summed E-state index contributed by atoms with van der Waals surface area (Å²) in [6, 6.07) is 47.0. The zero-order valence-corrected chi connectivity index (χ0v) is 49.1. The first-order valence-electron chi connectivity index (χ1n) is 30.1. The lowest BCUT2D eigenvalue weighted by Gasteiger charge is -2.35. The van der Waals surface area contributed by atoms with E-state index in [1.54, 1.807) is 0 Å². The normalized spacial score (nSPS) is 16.2. The Hall–Kier alpha value is -6.79. The second-order valence-corrected chi connectivity index (χ2v) is 28.6. The van der Waals surface area contributed by atoms with E-state index in [2.05, 4.69) is 214 Å². The van der Waals surface area contributed by atoms with Gasteiger partial charge in [0.2, 0.25) is 0 Å². The van der Waals surface area contributed by atoms with Crippen LogP contribution in [0.25, 0.3) is 89.2 Å². The van der Waals surface area contributed by atoms with Crippen LogP contribution in [0.3, 0.4) is 0 Å². The van der Waals surface area contributed by atoms with Crippen molar-refractivity contribution in [3.63, 3.8) is 0 Å². The molecule has 0 bridgehead atoms. The van der Waals surface area contributed by atoms with E-state index in [1.807, 2.05) is 0 Å². The monoisotopic (exact) mass is 1040 g/mol. The van der Waals surface area contributed by atoms with Crippen molar-refractivity contribution in [1.82, 2.24) is 24.1 Å². The number of rotatable bonds is 5. The molecule has 6 heteroatoms. The van der Waals surface area contributed by atoms with Crippen molar-refractivity contribution in [2.45, 2.75) is 181 Å². The molecule has 2 fully saturated rings. The van der Waals surface area contributed by atoms with Crippen LogP contribution in [0.5, 0.6) is 0 Å². The standard InChI is InChI=1S/C73H78BN5/c1-70(2,3)50-39-54(72(7,8)9)62-52-33-47(43-25-17-13-18-26-43)35-56-65(52)78(58(62)41-50)60-37-49(69-76-67(45-29-21-15-22-30-45)75-68(77-69)46-31-23-16-24-32-46)38-61-64(60)74(56)57-36-48(44-27-19-14-20-28-44)34-53-63-55(73(10,11)12)40-51(71(4,5)6)42-59(63)79(61)66(53)57/h15-16,21-24,29-44H,13-14,17-20,25-28H2,1-12H3. The second kappa shape index (κ2) is 17.9. The van der Waals surface area contributed by atoms with E-state index in [0.717, 1.165) is 16.7 Å². The molecule has 0 amide bonds. The zero-order chi connectivity index (χ0) is 54.7. The van der Waals surface area contributed by atoms with Gasteiger partial charge in [-0.2, -0.15) is 0 Å². The van der Waals surface area contributed by atoms with Crippen LogP contribution in [0, 0.1) is 0 Å². The molecule has 14 rings (SSSR count). The summed E-state index contributed by atoms with van der Waals surface area (Å²) in [5.41, 5.74) is 23.3. The highest BCUT2D eigenvalue weighted by Gasteiger charge is 2.44. The van der Waals surface area contributed by atoms with Gasteiger partial charge >= 0.3 is 0 Å². The average molecular weight is 1040 g/mol. The SMILES string of the molecule is CC(C)(C)c1cc(C(C)(C)C)c2c3cc(C4CCCCC4)cc4c3n(c2c1)-c1cc(-c2nc(-c3ccccc3)nc(-c3ccccc3)n2)cc2c1B4c1cc(C3CCCCC3)cc3c4c(C(C)(C)C)cc(C(C)(C)C)cc4n-2c13. The van der Waals surface area contributed by atoms with E-state index in [-0.39, 0.29) is 28.4 Å². The molecule has 0 atom stereocenters. The maximum Gasteiger partial charge on any atom is 0.252 e. The minimum Gasteiger partial charge on any atom is -0.310 e. The van der Waals surface area contributed by atoms with Crippen molar-refractivity contribution < 1.29 is 0 Å². The van der Waals surface area contributed by atoms with Crippen molar-refractivity contribution in [3.05, 3.63) is 155 Å². The van der Waals surface area contributed by atoms with Gasteiger partial charge in [0.05, 0.1) is 11.0 Å². The van der Waals surface area contributed by atoms with Crippen LogP contribution in [0.4, 0.5) is 0 Å². The van der Waals surface area contributed by atoms with E-state index < -0.39 is 0 Å². The summed E-state index contributed by atoms with van der Waals surface area (Å²) in [7, 11) is 0. The lowest BCUT2D eigenvalue weighted by molar-refractivity contribution is 0.444. The highest BCUT2D eigenvalue weighted by atomic mass is 15.1. The van der Waals surface area contributed by atoms with Crippen LogP contribution in [0.2, 0.25) is 0 Å². The van der Waals surface area contributed by atoms with Crippen LogP contribution < -0.4 is 16.4 Å². The molecule has 10 aromatic rings. The Morgan fingerprint density at radius 2 is 0.785 bits per heavy atom. The molecule has 3 aromatic heterocycles. The van der Waals surface area contributed by atoms with E-state index in [4.69, 9.17) is 15.0 Å². The molecule has 5 heterocycles. The summed E-state index contributed by atoms with van der Waals surface area (Å²) in [5, 5.41) is 5.62. The third-order valence-electron chi connectivity index (χ3n) is 19.0. The molecule has 2 aliphatic carbocycles. The molecule has 2 aliphatic heterocycles. The molecule has 4 aliphatic rings. The Balaban J connectivity index is 1.21. The quantitative estimate of drug-likeness (QED) is 0.161. The highest BCUT2D eigenvalue weighted by Crippen LogP contribution is 2.49. The molecule has 7 aromatic carbocycles. The molecule has 0 N–H and O–H groups in total. The Bertz CT molecular complexity index is 3860. The molecule has 398 valence electrons. The van der Waals surface area contributed by atoms with Crippen LogP contribution in [0.15, 0.2) is 121 Å². The summed E-state index contributed by atoms with van der Waals surface area (Å²) in [5.74, 6) is 3.10. The number of benzene rings is 7. The van der Waals surface area contributed by atoms with Gasteiger partial charge in [-0.15, -0.1) is 0 Å². The predicted octanol–water partition coefficient (Wildman–Crippen LogP) is 17.5. The second-order valence-electron chi connectivity index (χ2n) is 28.6. The van der Waals surface area contributed by atoms with Gasteiger partial charge in [-0.05, 0) is 145 Å². The molecule has 2 saturated carbocycles. The third-order valence-corrected chi connectivity index (χ3v) is 19.0. The number of hydrogen-bond donors (Lipinski definition) is 0. The first kappa shape index (κ1) is 50.4. The number of nitrogens with zero attached hydrogens (tertiary/aromatic N) is 5. The molecule has 0 spiro atoms. The minimum absolute atomic E-state index is 0.00298. The molecule has 79 heavy (non-hydrogen) atoms. The third kappa shape index (κ3) is 8.10. The van der Waals surface area contributed by atoms with Gasteiger partial charge < -0.3 is 9.13 Å².